The van der Waals surface area contributed by atoms with Crippen LogP contribution in [-0.2, 0) is 11.3 Å². The first-order chi connectivity index (χ1) is 11.0. The van der Waals surface area contributed by atoms with Crippen LogP contribution in [-0.4, -0.2) is 83.1 Å². The minimum Gasteiger partial charge on any atom is -0.481 e. The van der Waals surface area contributed by atoms with Crippen molar-refractivity contribution in [2.75, 3.05) is 46.3 Å². The van der Waals surface area contributed by atoms with Crippen LogP contribution in [0.2, 0.25) is 0 Å². The van der Waals surface area contributed by atoms with Crippen molar-refractivity contribution in [3.63, 3.8) is 0 Å². The van der Waals surface area contributed by atoms with E-state index >= 15 is 0 Å². The maximum atomic E-state index is 11.6. The quantitative estimate of drug-likeness (QED) is 0.877. The van der Waals surface area contributed by atoms with Crippen LogP contribution < -0.4 is 0 Å². The summed E-state index contributed by atoms with van der Waals surface area (Å²) >= 11 is 0. The third kappa shape index (κ3) is 4.07. The van der Waals surface area contributed by atoms with Crippen molar-refractivity contribution < 1.29 is 9.90 Å². The molecule has 0 amide bonds. The normalized spacial score (nSPS) is 27.4. The highest BCUT2D eigenvalue weighted by Gasteiger charge is 2.35. The van der Waals surface area contributed by atoms with Crippen molar-refractivity contribution in [1.29, 1.82) is 0 Å². The van der Waals surface area contributed by atoms with E-state index in [-0.39, 0.29) is 5.92 Å². The number of hydrogen-bond donors (Lipinski definition) is 1. The summed E-state index contributed by atoms with van der Waals surface area (Å²) in [7, 11) is 2.14. The van der Waals surface area contributed by atoms with Gasteiger partial charge in [-0.2, -0.15) is 0 Å². The highest BCUT2D eigenvalue weighted by molar-refractivity contribution is 5.70. The van der Waals surface area contributed by atoms with Gasteiger partial charge < -0.3 is 10.0 Å². The number of fused-ring (bicyclic) bond motifs is 1. The predicted octanol–water partition coefficient (Wildman–Crippen LogP) is 0.522. The van der Waals surface area contributed by atoms with E-state index in [1.54, 1.807) is 0 Å². The predicted molar refractivity (Wildman–Crippen MR) is 88.2 cm³/mol. The number of hydrogen-bond acceptors (Lipinski definition) is 5. The Morgan fingerprint density at radius 2 is 2.09 bits per heavy atom. The molecule has 1 aromatic heterocycles. The Kier molecular flexibility index (Phi) is 4.94. The van der Waals surface area contributed by atoms with Crippen LogP contribution in [0.3, 0.4) is 0 Å². The molecule has 3 rings (SSSR count). The first-order valence-corrected chi connectivity index (χ1v) is 8.31. The van der Waals surface area contributed by atoms with E-state index in [1.807, 2.05) is 25.1 Å². The van der Waals surface area contributed by atoms with Crippen molar-refractivity contribution in [2.45, 2.75) is 19.5 Å². The van der Waals surface area contributed by atoms with Crippen molar-refractivity contribution in [2.24, 2.45) is 5.92 Å². The van der Waals surface area contributed by atoms with E-state index in [0.29, 0.717) is 19.1 Å². The lowest BCUT2D eigenvalue weighted by molar-refractivity contribution is -0.142. The van der Waals surface area contributed by atoms with Gasteiger partial charge in [0.25, 0.3) is 0 Å². The number of likely N-dealkylation sites (N-methyl/N-ethyl adjacent to an activating group) is 1. The third-order valence-corrected chi connectivity index (χ3v) is 4.89. The average molecular weight is 318 g/mol. The summed E-state index contributed by atoms with van der Waals surface area (Å²) in [6.45, 7) is 7.86. The number of aromatic nitrogens is 1. The van der Waals surface area contributed by atoms with Gasteiger partial charge in [0.05, 0.1) is 11.6 Å². The highest BCUT2D eigenvalue weighted by atomic mass is 16.4. The zero-order valence-corrected chi connectivity index (χ0v) is 14.0. The van der Waals surface area contributed by atoms with Crippen molar-refractivity contribution in [3.05, 3.63) is 29.6 Å². The zero-order chi connectivity index (χ0) is 16.4. The summed E-state index contributed by atoms with van der Waals surface area (Å²) in [6.07, 6.45) is 0. The monoisotopic (exact) mass is 318 g/mol. The van der Waals surface area contributed by atoms with Gasteiger partial charge in [-0.15, -0.1) is 0 Å². The summed E-state index contributed by atoms with van der Waals surface area (Å²) in [5.41, 5.74) is 2.03. The Hall–Kier alpha value is -1.50. The second-order valence-electron chi connectivity index (χ2n) is 6.91. The molecule has 0 aromatic carbocycles. The van der Waals surface area contributed by atoms with Gasteiger partial charge in [0, 0.05) is 57.5 Å². The number of rotatable bonds is 3. The van der Waals surface area contributed by atoms with Gasteiger partial charge in [-0.05, 0) is 26.1 Å². The molecule has 0 spiro atoms. The van der Waals surface area contributed by atoms with Gasteiger partial charge >= 0.3 is 5.97 Å². The van der Waals surface area contributed by atoms with E-state index in [9.17, 15) is 9.90 Å². The van der Waals surface area contributed by atoms with E-state index < -0.39 is 5.97 Å². The molecule has 0 radical (unpaired) electrons. The number of carboxylic acid groups (broad SMARTS) is 1. The molecular weight excluding hydrogens is 292 g/mol. The third-order valence-electron chi connectivity index (χ3n) is 4.89. The molecule has 0 aliphatic carbocycles. The van der Waals surface area contributed by atoms with E-state index in [0.717, 1.165) is 44.1 Å². The lowest BCUT2D eigenvalue weighted by Crippen LogP contribution is -2.54. The van der Waals surface area contributed by atoms with Crippen LogP contribution in [0.1, 0.15) is 11.4 Å². The van der Waals surface area contributed by atoms with Crippen LogP contribution in [0.25, 0.3) is 0 Å². The van der Waals surface area contributed by atoms with Gasteiger partial charge in [0.1, 0.15) is 0 Å². The topological polar surface area (TPSA) is 59.9 Å². The standard InChI is InChI=1S/C17H26N4O2/c1-13-4-3-5-15(18-13)10-20-8-14(17(22)23)9-21-7-6-19(2)11-16(21)12-20/h3-5,14,16H,6-12H2,1-2H3,(H,22,23). The molecule has 2 aliphatic heterocycles. The number of carbonyl (C=O) groups is 1. The number of carboxylic acids is 1. The molecule has 6 heteroatoms. The Morgan fingerprint density at radius 3 is 2.83 bits per heavy atom. The molecule has 2 saturated heterocycles. The molecular formula is C17H26N4O2. The second-order valence-corrected chi connectivity index (χ2v) is 6.91. The van der Waals surface area contributed by atoms with Crippen LogP contribution in [0, 0.1) is 12.8 Å². The molecule has 2 fully saturated rings. The second kappa shape index (κ2) is 6.95. The average Bonchev–Trinajstić information content (AvgIpc) is 2.66. The van der Waals surface area contributed by atoms with Gasteiger partial charge in [-0.1, -0.05) is 6.07 Å². The Bertz CT molecular complexity index is 565. The first kappa shape index (κ1) is 16.4. The van der Waals surface area contributed by atoms with Gasteiger partial charge in [0.2, 0.25) is 0 Å². The number of pyridine rings is 1. The zero-order valence-electron chi connectivity index (χ0n) is 14.0. The molecule has 1 N–H and O–H groups in total. The maximum Gasteiger partial charge on any atom is 0.309 e. The van der Waals surface area contributed by atoms with Gasteiger partial charge in [0.15, 0.2) is 0 Å². The number of piperazine rings is 1. The Labute approximate surface area is 137 Å². The highest BCUT2D eigenvalue weighted by Crippen LogP contribution is 2.20. The number of aryl methyl sites for hydroxylation is 1. The fourth-order valence-corrected chi connectivity index (χ4v) is 3.69. The first-order valence-electron chi connectivity index (χ1n) is 8.31. The summed E-state index contributed by atoms with van der Waals surface area (Å²) in [5, 5.41) is 9.55. The molecule has 2 atom stereocenters. The minimum atomic E-state index is -0.688. The molecule has 0 saturated carbocycles. The van der Waals surface area contributed by atoms with Crippen LogP contribution >= 0.6 is 0 Å². The van der Waals surface area contributed by atoms with Gasteiger partial charge in [-0.3, -0.25) is 19.6 Å². The van der Waals surface area contributed by atoms with Crippen molar-refractivity contribution in [1.82, 2.24) is 19.7 Å². The largest absolute Gasteiger partial charge is 0.481 e. The smallest absolute Gasteiger partial charge is 0.309 e. The van der Waals surface area contributed by atoms with Crippen LogP contribution in [0.4, 0.5) is 0 Å². The minimum absolute atomic E-state index is 0.326. The lowest BCUT2D eigenvalue weighted by atomic mass is 10.1. The van der Waals surface area contributed by atoms with Crippen molar-refractivity contribution >= 4 is 5.97 Å². The molecule has 1 aromatic rings. The number of aliphatic carboxylic acids is 1. The van der Waals surface area contributed by atoms with Crippen molar-refractivity contribution in [3.8, 4) is 0 Å². The van der Waals surface area contributed by atoms with Crippen LogP contribution in [0.15, 0.2) is 18.2 Å². The van der Waals surface area contributed by atoms with Gasteiger partial charge in [-0.25, -0.2) is 0 Å². The fraction of sp³-hybridized carbons (Fsp3) is 0.647. The summed E-state index contributed by atoms with van der Waals surface area (Å²) in [4.78, 5) is 23.2. The molecule has 23 heavy (non-hydrogen) atoms. The lowest BCUT2D eigenvalue weighted by Gasteiger charge is -2.40. The summed E-state index contributed by atoms with van der Waals surface area (Å²) < 4.78 is 0. The molecule has 2 aliphatic rings. The van der Waals surface area contributed by atoms with E-state index in [1.165, 1.54) is 0 Å². The summed E-state index contributed by atoms with van der Waals surface area (Å²) in [5.74, 6) is -1.01. The Morgan fingerprint density at radius 1 is 1.26 bits per heavy atom. The Balaban J connectivity index is 1.76. The number of nitrogens with zero attached hydrogens (tertiary/aromatic N) is 4. The molecule has 0 bridgehead atoms. The van der Waals surface area contributed by atoms with E-state index in [2.05, 4.69) is 26.7 Å². The maximum absolute atomic E-state index is 11.6. The summed E-state index contributed by atoms with van der Waals surface area (Å²) in [6, 6.07) is 6.44. The SMILES string of the molecule is Cc1cccc(CN2CC(C(=O)O)CN3CCN(C)CC3C2)n1. The molecule has 6 nitrogen and oxygen atoms in total. The fourth-order valence-electron chi connectivity index (χ4n) is 3.69. The molecule has 2 unspecified atom stereocenters. The molecule has 126 valence electrons. The van der Waals surface area contributed by atoms with E-state index in [4.69, 9.17) is 0 Å². The molecule has 3 heterocycles. The van der Waals surface area contributed by atoms with Crippen LogP contribution in [0.5, 0.6) is 0 Å².